The van der Waals surface area contributed by atoms with E-state index >= 15 is 0 Å². The molecule has 0 saturated carbocycles. The predicted octanol–water partition coefficient (Wildman–Crippen LogP) is 3.02. The molecule has 1 aromatic carbocycles. The SMILES string of the molecule is Cc1cccc(C)c1NC(=O)N1CCC(C(=O)O)CC1C. The van der Waals surface area contributed by atoms with E-state index in [0.29, 0.717) is 19.4 Å². The highest BCUT2D eigenvalue weighted by molar-refractivity contribution is 5.91. The van der Waals surface area contributed by atoms with Crippen molar-refractivity contribution in [3.8, 4) is 0 Å². The fraction of sp³-hybridized carbons (Fsp3) is 0.500. The Morgan fingerprint density at radius 2 is 1.90 bits per heavy atom. The largest absolute Gasteiger partial charge is 0.481 e. The van der Waals surface area contributed by atoms with Crippen LogP contribution in [0, 0.1) is 19.8 Å². The number of para-hydroxylation sites is 1. The summed E-state index contributed by atoms with van der Waals surface area (Å²) in [5.74, 6) is -1.11. The van der Waals surface area contributed by atoms with Crippen LogP contribution in [0.1, 0.15) is 30.9 Å². The molecule has 1 fully saturated rings. The number of rotatable bonds is 2. The molecule has 2 rings (SSSR count). The van der Waals surface area contributed by atoms with Gasteiger partial charge in [-0.1, -0.05) is 18.2 Å². The van der Waals surface area contributed by atoms with Crippen molar-refractivity contribution in [2.24, 2.45) is 5.92 Å². The van der Waals surface area contributed by atoms with Gasteiger partial charge in [0, 0.05) is 18.3 Å². The van der Waals surface area contributed by atoms with Crippen LogP contribution < -0.4 is 5.32 Å². The summed E-state index contributed by atoms with van der Waals surface area (Å²) in [5, 5.41) is 12.0. The van der Waals surface area contributed by atoms with Gasteiger partial charge in [-0.25, -0.2) is 4.79 Å². The average molecular weight is 290 g/mol. The number of aryl methyl sites for hydroxylation is 2. The lowest BCUT2D eigenvalue weighted by atomic mass is 9.92. The zero-order valence-electron chi connectivity index (χ0n) is 12.7. The van der Waals surface area contributed by atoms with E-state index in [2.05, 4.69) is 5.32 Å². The van der Waals surface area contributed by atoms with Gasteiger partial charge in [-0.3, -0.25) is 4.79 Å². The standard InChI is InChI=1S/C16H22N2O3/c1-10-5-4-6-11(2)14(10)17-16(21)18-8-7-13(15(19)20)9-12(18)3/h4-6,12-13H,7-9H2,1-3H3,(H,17,21)(H,19,20). The predicted molar refractivity (Wildman–Crippen MR) is 81.5 cm³/mol. The number of anilines is 1. The number of carboxylic acids is 1. The molecule has 2 atom stereocenters. The number of amides is 2. The molecule has 0 aromatic heterocycles. The Hall–Kier alpha value is -2.04. The lowest BCUT2D eigenvalue weighted by Gasteiger charge is -2.36. The molecule has 2 N–H and O–H groups in total. The lowest BCUT2D eigenvalue weighted by Crippen LogP contribution is -2.47. The van der Waals surface area contributed by atoms with Gasteiger partial charge in [0.05, 0.1) is 5.92 Å². The molecule has 0 spiro atoms. The van der Waals surface area contributed by atoms with E-state index in [1.165, 1.54) is 0 Å². The molecule has 1 saturated heterocycles. The maximum atomic E-state index is 12.4. The Morgan fingerprint density at radius 1 is 1.29 bits per heavy atom. The number of hydrogen-bond donors (Lipinski definition) is 2. The minimum Gasteiger partial charge on any atom is -0.481 e. The number of carbonyl (C=O) groups is 2. The van der Waals surface area contributed by atoms with Gasteiger partial charge in [0.1, 0.15) is 0 Å². The Kier molecular flexibility index (Phi) is 4.50. The first-order valence-corrected chi connectivity index (χ1v) is 7.26. The third kappa shape index (κ3) is 3.35. The van der Waals surface area contributed by atoms with Crippen molar-refractivity contribution in [1.29, 1.82) is 0 Å². The number of likely N-dealkylation sites (tertiary alicyclic amines) is 1. The zero-order chi connectivity index (χ0) is 15.6. The Balaban J connectivity index is 2.06. The number of carbonyl (C=O) groups excluding carboxylic acids is 1. The summed E-state index contributed by atoms with van der Waals surface area (Å²) in [7, 11) is 0. The van der Waals surface area contributed by atoms with Crippen molar-refractivity contribution in [2.45, 2.75) is 39.7 Å². The highest BCUT2D eigenvalue weighted by Gasteiger charge is 2.32. The van der Waals surface area contributed by atoms with Gasteiger partial charge in [-0.15, -0.1) is 0 Å². The van der Waals surface area contributed by atoms with Gasteiger partial charge in [0.2, 0.25) is 0 Å². The highest BCUT2D eigenvalue weighted by atomic mass is 16.4. The molecule has 2 unspecified atom stereocenters. The van der Waals surface area contributed by atoms with Crippen LogP contribution >= 0.6 is 0 Å². The molecular weight excluding hydrogens is 268 g/mol. The number of urea groups is 1. The van der Waals surface area contributed by atoms with Crippen molar-refractivity contribution >= 4 is 17.7 Å². The third-order valence-corrected chi connectivity index (χ3v) is 4.20. The summed E-state index contributed by atoms with van der Waals surface area (Å²) in [6.07, 6.45) is 1.02. The third-order valence-electron chi connectivity index (χ3n) is 4.20. The van der Waals surface area contributed by atoms with Gasteiger partial charge >= 0.3 is 12.0 Å². The highest BCUT2D eigenvalue weighted by Crippen LogP contribution is 2.25. The Morgan fingerprint density at radius 3 is 2.43 bits per heavy atom. The molecule has 0 aliphatic carbocycles. The average Bonchev–Trinajstić information content (AvgIpc) is 2.42. The Labute approximate surface area is 125 Å². The van der Waals surface area contributed by atoms with E-state index in [0.717, 1.165) is 16.8 Å². The number of aliphatic carboxylic acids is 1. The van der Waals surface area contributed by atoms with E-state index in [-0.39, 0.29) is 18.0 Å². The van der Waals surface area contributed by atoms with Gasteiger partial charge in [0.15, 0.2) is 0 Å². The van der Waals surface area contributed by atoms with E-state index in [9.17, 15) is 9.59 Å². The van der Waals surface area contributed by atoms with Gasteiger partial charge in [-0.2, -0.15) is 0 Å². The van der Waals surface area contributed by atoms with Crippen molar-refractivity contribution in [3.63, 3.8) is 0 Å². The van der Waals surface area contributed by atoms with Crippen LogP contribution in [0.15, 0.2) is 18.2 Å². The van der Waals surface area contributed by atoms with Gasteiger partial charge in [-0.05, 0) is 44.7 Å². The maximum absolute atomic E-state index is 12.4. The van der Waals surface area contributed by atoms with Crippen molar-refractivity contribution in [3.05, 3.63) is 29.3 Å². The van der Waals surface area contributed by atoms with Gasteiger partial charge < -0.3 is 15.3 Å². The minimum absolute atomic E-state index is 0.0656. The summed E-state index contributed by atoms with van der Waals surface area (Å²) >= 11 is 0. The smallest absolute Gasteiger partial charge is 0.322 e. The van der Waals surface area contributed by atoms with Crippen molar-refractivity contribution in [2.75, 3.05) is 11.9 Å². The van der Waals surface area contributed by atoms with Crippen LogP contribution in [0.25, 0.3) is 0 Å². The van der Waals surface area contributed by atoms with E-state index in [4.69, 9.17) is 5.11 Å². The summed E-state index contributed by atoms with van der Waals surface area (Å²) in [5.41, 5.74) is 2.89. The fourth-order valence-electron chi connectivity index (χ4n) is 2.89. The minimum atomic E-state index is -0.767. The van der Waals surface area contributed by atoms with Crippen LogP contribution in [0.4, 0.5) is 10.5 Å². The molecule has 1 aromatic rings. The van der Waals surface area contributed by atoms with Crippen LogP contribution in [-0.2, 0) is 4.79 Å². The molecule has 0 bridgehead atoms. The molecule has 5 nitrogen and oxygen atoms in total. The first-order chi connectivity index (χ1) is 9.90. The molecule has 1 aliphatic rings. The van der Waals surface area contributed by atoms with E-state index in [1.54, 1.807) is 4.90 Å². The second-order valence-electron chi connectivity index (χ2n) is 5.80. The Bertz CT molecular complexity index is 536. The first kappa shape index (κ1) is 15.4. The number of benzene rings is 1. The number of nitrogens with one attached hydrogen (secondary N) is 1. The second-order valence-corrected chi connectivity index (χ2v) is 5.80. The van der Waals surface area contributed by atoms with E-state index in [1.807, 2.05) is 39.0 Å². The molecule has 1 aliphatic heterocycles. The number of nitrogens with zero attached hydrogens (tertiary/aromatic N) is 1. The summed E-state index contributed by atoms with van der Waals surface area (Å²) in [6.45, 7) is 6.31. The first-order valence-electron chi connectivity index (χ1n) is 7.26. The quantitative estimate of drug-likeness (QED) is 0.879. The van der Waals surface area contributed by atoms with Crippen molar-refractivity contribution in [1.82, 2.24) is 4.90 Å². The normalized spacial score (nSPS) is 22.0. The topological polar surface area (TPSA) is 69.6 Å². The summed E-state index contributed by atoms with van der Waals surface area (Å²) in [6, 6.07) is 5.67. The zero-order valence-corrected chi connectivity index (χ0v) is 12.7. The van der Waals surface area contributed by atoms with Crippen LogP contribution in [0.2, 0.25) is 0 Å². The van der Waals surface area contributed by atoms with E-state index < -0.39 is 5.97 Å². The second kappa shape index (κ2) is 6.16. The molecule has 114 valence electrons. The number of carboxylic acid groups (broad SMARTS) is 1. The van der Waals surface area contributed by atoms with Crippen LogP contribution in [-0.4, -0.2) is 34.6 Å². The molecule has 5 heteroatoms. The van der Waals surface area contributed by atoms with Crippen LogP contribution in [0.3, 0.4) is 0 Å². The molecular formula is C16H22N2O3. The van der Waals surface area contributed by atoms with Crippen molar-refractivity contribution < 1.29 is 14.7 Å². The van der Waals surface area contributed by atoms with Crippen LogP contribution in [0.5, 0.6) is 0 Å². The maximum Gasteiger partial charge on any atom is 0.322 e. The summed E-state index contributed by atoms with van der Waals surface area (Å²) < 4.78 is 0. The number of piperidine rings is 1. The molecule has 21 heavy (non-hydrogen) atoms. The fourth-order valence-corrected chi connectivity index (χ4v) is 2.89. The lowest BCUT2D eigenvalue weighted by molar-refractivity contribution is -0.143. The van der Waals surface area contributed by atoms with Gasteiger partial charge in [0.25, 0.3) is 0 Å². The molecule has 1 heterocycles. The molecule has 2 amide bonds. The molecule has 0 radical (unpaired) electrons. The number of hydrogen-bond acceptors (Lipinski definition) is 2. The summed E-state index contributed by atoms with van der Waals surface area (Å²) in [4.78, 5) is 25.2. The monoisotopic (exact) mass is 290 g/mol.